The second kappa shape index (κ2) is 4.80. The maximum atomic E-state index is 4.34. The minimum absolute atomic E-state index is 0.280. The molecule has 1 unspecified atom stereocenters. The SMILES string of the molecule is Cc1ccc(CNC(C)c2nccn2C)s1. The minimum atomic E-state index is 0.280. The second-order valence-corrected chi connectivity index (χ2v) is 5.38. The molecule has 86 valence electrons. The van der Waals surface area contributed by atoms with Gasteiger partial charge in [-0.1, -0.05) is 0 Å². The highest BCUT2D eigenvalue weighted by Crippen LogP contribution is 2.16. The van der Waals surface area contributed by atoms with Gasteiger partial charge in [0.1, 0.15) is 5.82 Å². The Bertz CT molecular complexity index is 458. The first-order valence-corrected chi connectivity index (χ1v) is 6.24. The van der Waals surface area contributed by atoms with Crippen molar-refractivity contribution in [3.8, 4) is 0 Å². The van der Waals surface area contributed by atoms with Crippen LogP contribution in [0, 0.1) is 6.92 Å². The van der Waals surface area contributed by atoms with Gasteiger partial charge >= 0.3 is 0 Å². The second-order valence-electron chi connectivity index (χ2n) is 4.01. The Balaban J connectivity index is 1.93. The summed E-state index contributed by atoms with van der Waals surface area (Å²) in [4.78, 5) is 7.07. The van der Waals surface area contributed by atoms with E-state index < -0.39 is 0 Å². The van der Waals surface area contributed by atoms with Gasteiger partial charge in [-0.2, -0.15) is 0 Å². The molecule has 3 nitrogen and oxygen atoms in total. The van der Waals surface area contributed by atoms with Crippen molar-refractivity contribution in [3.05, 3.63) is 40.1 Å². The van der Waals surface area contributed by atoms with E-state index in [9.17, 15) is 0 Å². The van der Waals surface area contributed by atoms with Gasteiger partial charge in [-0.3, -0.25) is 0 Å². The van der Waals surface area contributed by atoms with Crippen molar-refractivity contribution in [1.29, 1.82) is 0 Å². The van der Waals surface area contributed by atoms with Crippen molar-refractivity contribution in [2.75, 3.05) is 0 Å². The largest absolute Gasteiger partial charge is 0.337 e. The predicted molar refractivity (Wildman–Crippen MR) is 67.5 cm³/mol. The van der Waals surface area contributed by atoms with Gasteiger partial charge in [0.25, 0.3) is 0 Å². The van der Waals surface area contributed by atoms with Crippen molar-refractivity contribution in [2.24, 2.45) is 7.05 Å². The zero-order chi connectivity index (χ0) is 11.5. The van der Waals surface area contributed by atoms with Crippen LogP contribution in [0.1, 0.15) is 28.5 Å². The van der Waals surface area contributed by atoms with Gasteiger partial charge in [0.2, 0.25) is 0 Å². The number of hydrogen-bond donors (Lipinski definition) is 1. The summed E-state index contributed by atoms with van der Waals surface area (Å²) in [6, 6.07) is 4.62. The van der Waals surface area contributed by atoms with Crippen LogP contribution >= 0.6 is 11.3 Å². The summed E-state index contributed by atoms with van der Waals surface area (Å²) >= 11 is 1.84. The fraction of sp³-hybridized carbons (Fsp3) is 0.417. The van der Waals surface area contributed by atoms with Crippen LogP contribution in [0.3, 0.4) is 0 Å². The van der Waals surface area contributed by atoms with Crippen molar-refractivity contribution in [2.45, 2.75) is 26.4 Å². The summed E-state index contributed by atoms with van der Waals surface area (Å²) in [5, 5.41) is 3.48. The summed E-state index contributed by atoms with van der Waals surface area (Å²) < 4.78 is 2.05. The predicted octanol–water partition coefficient (Wildman–Crippen LogP) is 2.64. The highest BCUT2D eigenvalue weighted by Gasteiger charge is 2.09. The molecule has 1 atom stereocenters. The van der Waals surface area contributed by atoms with Gasteiger partial charge in [0.05, 0.1) is 6.04 Å². The van der Waals surface area contributed by atoms with E-state index >= 15 is 0 Å². The smallest absolute Gasteiger partial charge is 0.125 e. The van der Waals surface area contributed by atoms with Crippen LogP contribution in [-0.4, -0.2) is 9.55 Å². The summed E-state index contributed by atoms with van der Waals surface area (Å²) in [7, 11) is 2.02. The van der Waals surface area contributed by atoms with Crippen molar-refractivity contribution in [3.63, 3.8) is 0 Å². The Labute approximate surface area is 100 Å². The maximum absolute atomic E-state index is 4.34. The lowest BCUT2D eigenvalue weighted by atomic mass is 10.3. The van der Waals surface area contributed by atoms with Crippen molar-refractivity contribution >= 4 is 11.3 Å². The van der Waals surface area contributed by atoms with Crippen LogP contribution < -0.4 is 5.32 Å². The van der Waals surface area contributed by atoms with Crippen LogP contribution in [0.4, 0.5) is 0 Å². The van der Waals surface area contributed by atoms with Gasteiger partial charge in [0, 0.05) is 35.7 Å². The average Bonchev–Trinajstić information content (AvgIpc) is 2.84. The quantitative estimate of drug-likeness (QED) is 0.883. The third-order valence-corrected chi connectivity index (χ3v) is 3.62. The topological polar surface area (TPSA) is 29.9 Å². The molecule has 0 amide bonds. The summed E-state index contributed by atoms with van der Waals surface area (Å²) in [5.41, 5.74) is 0. The zero-order valence-corrected chi connectivity index (χ0v) is 10.7. The van der Waals surface area contributed by atoms with E-state index in [2.05, 4.69) is 40.8 Å². The van der Waals surface area contributed by atoms with E-state index in [1.165, 1.54) is 9.75 Å². The van der Waals surface area contributed by atoms with Crippen LogP contribution in [0.5, 0.6) is 0 Å². The fourth-order valence-electron chi connectivity index (χ4n) is 1.72. The van der Waals surface area contributed by atoms with Crippen molar-refractivity contribution < 1.29 is 0 Å². The van der Waals surface area contributed by atoms with Crippen LogP contribution in [0.2, 0.25) is 0 Å². The Morgan fingerprint density at radius 2 is 2.31 bits per heavy atom. The number of hydrogen-bond acceptors (Lipinski definition) is 3. The summed E-state index contributed by atoms with van der Waals surface area (Å²) in [5.74, 6) is 1.08. The third kappa shape index (κ3) is 2.51. The molecule has 0 spiro atoms. The number of rotatable bonds is 4. The monoisotopic (exact) mass is 235 g/mol. The fourth-order valence-corrected chi connectivity index (χ4v) is 2.56. The lowest BCUT2D eigenvalue weighted by Gasteiger charge is -2.12. The highest BCUT2D eigenvalue weighted by atomic mass is 32.1. The normalized spacial score (nSPS) is 12.9. The number of nitrogens with one attached hydrogen (secondary N) is 1. The molecule has 0 bridgehead atoms. The highest BCUT2D eigenvalue weighted by molar-refractivity contribution is 7.11. The van der Waals surface area contributed by atoms with E-state index in [0.717, 1.165) is 12.4 Å². The van der Waals surface area contributed by atoms with E-state index in [4.69, 9.17) is 0 Å². The third-order valence-electron chi connectivity index (χ3n) is 2.62. The molecule has 2 aromatic rings. The Morgan fingerprint density at radius 1 is 1.50 bits per heavy atom. The minimum Gasteiger partial charge on any atom is -0.337 e. The van der Waals surface area contributed by atoms with Crippen LogP contribution in [-0.2, 0) is 13.6 Å². The van der Waals surface area contributed by atoms with E-state index in [-0.39, 0.29) is 6.04 Å². The molecular weight excluding hydrogens is 218 g/mol. The lowest BCUT2D eigenvalue weighted by Crippen LogP contribution is -2.20. The number of aromatic nitrogens is 2. The van der Waals surface area contributed by atoms with Crippen LogP contribution in [0.25, 0.3) is 0 Å². The average molecular weight is 235 g/mol. The van der Waals surface area contributed by atoms with Gasteiger partial charge in [-0.15, -0.1) is 11.3 Å². The van der Waals surface area contributed by atoms with Gasteiger partial charge < -0.3 is 9.88 Å². The Hall–Kier alpha value is -1.13. The molecule has 0 radical (unpaired) electrons. The van der Waals surface area contributed by atoms with E-state index in [0.29, 0.717) is 0 Å². The number of imidazole rings is 1. The summed E-state index contributed by atoms with van der Waals surface area (Å²) in [6.07, 6.45) is 3.81. The number of thiophene rings is 1. The Morgan fingerprint density at radius 3 is 2.88 bits per heavy atom. The Kier molecular flexibility index (Phi) is 3.41. The van der Waals surface area contributed by atoms with Gasteiger partial charge in [0.15, 0.2) is 0 Å². The molecular formula is C12H17N3S. The molecule has 0 aliphatic rings. The standard InChI is InChI=1S/C12H17N3S/c1-9-4-5-11(16-9)8-14-10(2)12-13-6-7-15(12)3/h4-7,10,14H,8H2,1-3H3. The van der Waals surface area contributed by atoms with E-state index in [1.807, 2.05) is 30.8 Å². The molecule has 2 aromatic heterocycles. The first kappa shape index (κ1) is 11.4. The first-order valence-electron chi connectivity index (χ1n) is 5.42. The maximum Gasteiger partial charge on any atom is 0.125 e. The lowest BCUT2D eigenvalue weighted by molar-refractivity contribution is 0.533. The summed E-state index contributed by atoms with van der Waals surface area (Å²) in [6.45, 7) is 5.19. The van der Waals surface area contributed by atoms with Crippen molar-refractivity contribution in [1.82, 2.24) is 14.9 Å². The molecule has 0 aliphatic heterocycles. The molecule has 0 aliphatic carbocycles. The van der Waals surface area contributed by atoms with E-state index in [1.54, 1.807) is 0 Å². The zero-order valence-electron chi connectivity index (χ0n) is 9.90. The molecule has 0 saturated heterocycles. The van der Waals surface area contributed by atoms with Crippen LogP contribution in [0.15, 0.2) is 24.5 Å². The molecule has 0 aromatic carbocycles. The molecule has 2 heterocycles. The molecule has 0 fully saturated rings. The number of nitrogens with zero attached hydrogens (tertiary/aromatic N) is 2. The molecule has 0 saturated carbocycles. The first-order chi connectivity index (χ1) is 7.66. The van der Waals surface area contributed by atoms with Gasteiger partial charge in [-0.25, -0.2) is 4.98 Å². The molecule has 2 rings (SSSR count). The number of aryl methyl sites for hydroxylation is 2. The molecule has 1 N–H and O–H groups in total. The molecule has 4 heteroatoms. The van der Waals surface area contributed by atoms with Gasteiger partial charge in [-0.05, 0) is 26.0 Å². The molecule has 16 heavy (non-hydrogen) atoms.